The molecule has 1 aromatic heterocycles. The van der Waals surface area contributed by atoms with E-state index in [1.165, 1.54) is 10.2 Å². The van der Waals surface area contributed by atoms with E-state index in [4.69, 9.17) is 5.26 Å². The zero-order valence-corrected chi connectivity index (χ0v) is 12.4. The van der Waals surface area contributed by atoms with Gasteiger partial charge in [0, 0.05) is 17.8 Å². The fourth-order valence-electron chi connectivity index (χ4n) is 1.90. The Morgan fingerprint density at radius 3 is 2.52 bits per heavy atom. The third-order valence-corrected chi connectivity index (χ3v) is 3.13. The Morgan fingerprint density at radius 2 is 1.95 bits per heavy atom. The molecule has 2 rings (SSSR count). The second kappa shape index (κ2) is 5.80. The molecule has 0 aliphatic heterocycles. The van der Waals surface area contributed by atoms with Crippen molar-refractivity contribution in [1.82, 2.24) is 9.78 Å². The van der Waals surface area contributed by atoms with Crippen LogP contribution < -0.4 is 5.32 Å². The van der Waals surface area contributed by atoms with Crippen molar-refractivity contribution in [3.63, 3.8) is 0 Å². The predicted octanol–water partition coefficient (Wildman–Crippen LogP) is 2.96. The Bertz CT molecular complexity index is 672. The van der Waals surface area contributed by atoms with Crippen molar-refractivity contribution in [2.24, 2.45) is 0 Å². The molecular formula is C16H18N4O. The monoisotopic (exact) mass is 282 g/mol. The smallest absolute Gasteiger partial charge is 0.256 e. The van der Waals surface area contributed by atoms with Crippen LogP contribution >= 0.6 is 0 Å². The van der Waals surface area contributed by atoms with Gasteiger partial charge in [-0.2, -0.15) is 10.4 Å². The summed E-state index contributed by atoms with van der Waals surface area (Å²) < 4.78 is 1.47. The molecule has 0 saturated heterocycles. The van der Waals surface area contributed by atoms with Gasteiger partial charge in [-0.1, -0.05) is 32.9 Å². The molecule has 1 N–H and O–H groups in total. The van der Waals surface area contributed by atoms with Gasteiger partial charge in [-0.3, -0.25) is 9.48 Å². The van der Waals surface area contributed by atoms with Crippen molar-refractivity contribution in [1.29, 1.82) is 5.26 Å². The van der Waals surface area contributed by atoms with E-state index in [1.54, 1.807) is 12.3 Å². The number of benzene rings is 1. The van der Waals surface area contributed by atoms with E-state index in [0.717, 1.165) is 0 Å². The van der Waals surface area contributed by atoms with Gasteiger partial charge in [0.05, 0.1) is 6.07 Å². The number of amides is 1. The molecule has 0 spiro atoms. The summed E-state index contributed by atoms with van der Waals surface area (Å²) in [5, 5.41) is 15.4. The Morgan fingerprint density at radius 1 is 1.29 bits per heavy atom. The normalized spacial score (nSPS) is 11.0. The van der Waals surface area contributed by atoms with Crippen LogP contribution in [0.15, 0.2) is 36.5 Å². The fraction of sp³-hybridized carbons (Fsp3) is 0.312. The number of hydrogen-bond donors (Lipinski definition) is 1. The van der Waals surface area contributed by atoms with Gasteiger partial charge in [-0.25, -0.2) is 0 Å². The van der Waals surface area contributed by atoms with Crippen molar-refractivity contribution in [2.45, 2.75) is 32.7 Å². The summed E-state index contributed by atoms with van der Waals surface area (Å²) in [6, 6.07) is 11.2. The van der Waals surface area contributed by atoms with Crippen LogP contribution in [0.3, 0.4) is 0 Å². The second-order valence-electron chi connectivity index (χ2n) is 5.84. The summed E-state index contributed by atoms with van der Waals surface area (Å²) in [5.41, 5.74) is 1.82. The van der Waals surface area contributed by atoms with Crippen LogP contribution in [-0.2, 0) is 12.0 Å². The number of hydrogen-bond acceptors (Lipinski definition) is 3. The van der Waals surface area contributed by atoms with E-state index in [0.29, 0.717) is 11.4 Å². The summed E-state index contributed by atoms with van der Waals surface area (Å²) in [6.45, 7) is 6.55. The number of nitrogens with one attached hydrogen (secondary N) is 1. The molecule has 21 heavy (non-hydrogen) atoms. The van der Waals surface area contributed by atoms with E-state index in [9.17, 15) is 4.79 Å². The molecule has 2 aromatic rings. The Kier molecular flexibility index (Phi) is 4.08. The number of nitrogens with zero attached hydrogens (tertiary/aromatic N) is 3. The van der Waals surface area contributed by atoms with Crippen LogP contribution in [0.5, 0.6) is 0 Å². The first-order valence-electron chi connectivity index (χ1n) is 6.72. The molecule has 5 nitrogen and oxygen atoms in total. The van der Waals surface area contributed by atoms with Crippen LogP contribution in [-0.4, -0.2) is 15.7 Å². The highest BCUT2D eigenvalue weighted by atomic mass is 16.1. The number of nitriles is 1. The molecule has 0 aliphatic rings. The second-order valence-corrected chi connectivity index (χ2v) is 5.84. The van der Waals surface area contributed by atoms with Gasteiger partial charge in [0.2, 0.25) is 0 Å². The third kappa shape index (κ3) is 3.69. The van der Waals surface area contributed by atoms with Gasteiger partial charge in [0.25, 0.3) is 5.91 Å². The predicted molar refractivity (Wildman–Crippen MR) is 80.9 cm³/mol. The number of rotatable bonds is 3. The standard InChI is InChI=1S/C16H18N4O/c1-16(2,3)13-6-4-12(5-7-13)15(21)18-14-8-10-20(19-14)11-9-17/h4-8,10H,11H2,1-3H3,(H,18,19,21). The quantitative estimate of drug-likeness (QED) is 0.940. The van der Waals surface area contributed by atoms with Gasteiger partial charge >= 0.3 is 0 Å². The zero-order chi connectivity index (χ0) is 15.5. The molecule has 108 valence electrons. The van der Waals surface area contributed by atoms with Crippen molar-refractivity contribution >= 4 is 11.7 Å². The van der Waals surface area contributed by atoms with Crippen LogP contribution in [0.25, 0.3) is 0 Å². The van der Waals surface area contributed by atoms with E-state index in [1.807, 2.05) is 30.3 Å². The first-order chi connectivity index (χ1) is 9.90. The molecule has 5 heteroatoms. The lowest BCUT2D eigenvalue weighted by molar-refractivity contribution is 0.102. The average Bonchev–Trinajstić information content (AvgIpc) is 2.86. The summed E-state index contributed by atoms with van der Waals surface area (Å²) in [7, 11) is 0. The minimum absolute atomic E-state index is 0.0606. The number of anilines is 1. The van der Waals surface area contributed by atoms with Crippen LogP contribution in [0, 0.1) is 11.3 Å². The average molecular weight is 282 g/mol. The van der Waals surface area contributed by atoms with Gasteiger partial charge in [-0.05, 0) is 23.1 Å². The topological polar surface area (TPSA) is 70.7 Å². The molecule has 1 amide bonds. The van der Waals surface area contributed by atoms with E-state index in [-0.39, 0.29) is 17.9 Å². The number of carbonyl (C=O) groups excluding carboxylic acids is 1. The molecule has 0 bridgehead atoms. The highest BCUT2D eigenvalue weighted by Crippen LogP contribution is 2.22. The molecule has 0 fully saturated rings. The number of aromatic nitrogens is 2. The molecule has 0 atom stereocenters. The first-order valence-corrected chi connectivity index (χ1v) is 6.72. The maximum atomic E-state index is 12.1. The maximum Gasteiger partial charge on any atom is 0.256 e. The number of carbonyl (C=O) groups is 1. The zero-order valence-electron chi connectivity index (χ0n) is 12.4. The van der Waals surface area contributed by atoms with Crippen molar-refractivity contribution in [3.05, 3.63) is 47.7 Å². The van der Waals surface area contributed by atoms with Crippen molar-refractivity contribution in [3.8, 4) is 6.07 Å². The third-order valence-electron chi connectivity index (χ3n) is 3.13. The van der Waals surface area contributed by atoms with Gasteiger partial charge in [0.1, 0.15) is 6.54 Å². The minimum atomic E-state index is -0.210. The van der Waals surface area contributed by atoms with E-state index >= 15 is 0 Å². The Labute approximate surface area is 124 Å². The van der Waals surface area contributed by atoms with Crippen LogP contribution in [0.4, 0.5) is 5.82 Å². The summed E-state index contributed by atoms with van der Waals surface area (Å²) in [4.78, 5) is 12.1. The molecule has 0 radical (unpaired) electrons. The minimum Gasteiger partial charge on any atom is -0.305 e. The lowest BCUT2D eigenvalue weighted by Crippen LogP contribution is -2.14. The lowest BCUT2D eigenvalue weighted by Gasteiger charge is -2.18. The molecule has 1 heterocycles. The van der Waals surface area contributed by atoms with E-state index < -0.39 is 0 Å². The lowest BCUT2D eigenvalue weighted by atomic mass is 9.87. The SMILES string of the molecule is CC(C)(C)c1ccc(C(=O)Nc2ccn(CC#N)n2)cc1. The molecule has 1 aromatic carbocycles. The fourth-order valence-corrected chi connectivity index (χ4v) is 1.90. The van der Waals surface area contributed by atoms with Gasteiger partial charge in [-0.15, -0.1) is 0 Å². The molecular weight excluding hydrogens is 264 g/mol. The largest absolute Gasteiger partial charge is 0.305 e. The molecule has 0 saturated carbocycles. The van der Waals surface area contributed by atoms with Crippen LogP contribution in [0.2, 0.25) is 0 Å². The van der Waals surface area contributed by atoms with Crippen molar-refractivity contribution in [2.75, 3.05) is 5.32 Å². The first kappa shape index (κ1) is 14.8. The highest BCUT2D eigenvalue weighted by molar-refractivity contribution is 6.03. The highest BCUT2D eigenvalue weighted by Gasteiger charge is 2.14. The van der Waals surface area contributed by atoms with E-state index in [2.05, 4.69) is 31.2 Å². The van der Waals surface area contributed by atoms with Gasteiger partial charge in [0.15, 0.2) is 5.82 Å². The molecule has 0 aliphatic carbocycles. The van der Waals surface area contributed by atoms with Crippen LogP contribution in [0.1, 0.15) is 36.7 Å². The van der Waals surface area contributed by atoms with Gasteiger partial charge < -0.3 is 5.32 Å². The summed E-state index contributed by atoms with van der Waals surface area (Å²) >= 11 is 0. The van der Waals surface area contributed by atoms with Crippen molar-refractivity contribution < 1.29 is 4.79 Å². The summed E-state index contributed by atoms with van der Waals surface area (Å²) in [5.74, 6) is 0.229. The summed E-state index contributed by atoms with van der Waals surface area (Å²) in [6.07, 6.45) is 1.65. The maximum absolute atomic E-state index is 12.1. The Hall–Kier alpha value is -2.61. The molecule has 0 unspecified atom stereocenters. The Balaban J connectivity index is 2.08.